The monoisotopic (exact) mass is 273 g/mol. The van der Waals surface area contributed by atoms with Crippen molar-refractivity contribution in [1.82, 2.24) is 5.32 Å². The summed E-state index contributed by atoms with van der Waals surface area (Å²) in [6, 6.07) is 3.19. The van der Waals surface area contributed by atoms with Crippen LogP contribution in [0.3, 0.4) is 0 Å². The standard InChI is InChI=1S/C11H13BrFNO/c12-9-5-7(10(13)6-11(9)15)4-8-2-1-3-14-8/h5-6,8,14-15H,1-4H2. The quantitative estimate of drug-likeness (QED) is 0.868. The number of aromatic hydroxyl groups is 1. The average molecular weight is 274 g/mol. The summed E-state index contributed by atoms with van der Waals surface area (Å²) >= 11 is 3.19. The summed E-state index contributed by atoms with van der Waals surface area (Å²) in [4.78, 5) is 0. The lowest BCUT2D eigenvalue weighted by Crippen LogP contribution is -2.24. The van der Waals surface area contributed by atoms with E-state index >= 15 is 0 Å². The van der Waals surface area contributed by atoms with Gasteiger partial charge in [-0.25, -0.2) is 4.39 Å². The first kappa shape index (κ1) is 10.9. The van der Waals surface area contributed by atoms with Gasteiger partial charge in [0, 0.05) is 12.1 Å². The van der Waals surface area contributed by atoms with Crippen molar-refractivity contribution in [2.75, 3.05) is 6.54 Å². The number of phenolic OH excluding ortho intramolecular Hbond substituents is 1. The van der Waals surface area contributed by atoms with E-state index in [0.717, 1.165) is 25.5 Å². The van der Waals surface area contributed by atoms with Crippen LogP contribution in [0, 0.1) is 5.82 Å². The number of phenols is 1. The van der Waals surface area contributed by atoms with E-state index in [1.165, 1.54) is 0 Å². The Bertz CT molecular complexity index is 364. The van der Waals surface area contributed by atoms with Gasteiger partial charge in [-0.05, 0) is 53.4 Å². The predicted octanol–water partition coefficient (Wildman–Crippen LogP) is 2.59. The molecule has 1 atom stereocenters. The van der Waals surface area contributed by atoms with E-state index in [9.17, 15) is 9.50 Å². The third-order valence-electron chi connectivity index (χ3n) is 2.74. The molecule has 1 heterocycles. The van der Waals surface area contributed by atoms with E-state index in [-0.39, 0.29) is 11.6 Å². The van der Waals surface area contributed by atoms with Crippen molar-refractivity contribution in [1.29, 1.82) is 0 Å². The van der Waals surface area contributed by atoms with Gasteiger partial charge >= 0.3 is 0 Å². The van der Waals surface area contributed by atoms with Gasteiger partial charge in [0.05, 0.1) is 4.47 Å². The van der Waals surface area contributed by atoms with Crippen LogP contribution < -0.4 is 5.32 Å². The summed E-state index contributed by atoms with van der Waals surface area (Å²) in [6.07, 6.45) is 2.94. The van der Waals surface area contributed by atoms with Gasteiger partial charge in [-0.3, -0.25) is 0 Å². The zero-order valence-electron chi connectivity index (χ0n) is 8.26. The molecular formula is C11H13BrFNO. The third-order valence-corrected chi connectivity index (χ3v) is 3.38. The lowest BCUT2D eigenvalue weighted by molar-refractivity contribution is 0.463. The summed E-state index contributed by atoms with van der Waals surface area (Å²) in [5.74, 6) is -0.375. The van der Waals surface area contributed by atoms with Crippen LogP contribution in [0.5, 0.6) is 5.75 Å². The molecule has 0 bridgehead atoms. The number of benzene rings is 1. The van der Waals surface area contributed by atoms with Gasteiger partial charge in [-0.15, -0.1) is 0 Å². The van der Waals surface area contributed by atoms with Crippen LogP contribution in [-0.2, 0) is 6.42 Å². The van der Waals surface area contributed by atoms with Gasteiger partial charge in [0.1, 0.15) is 11.6 Å². The number of halogens is 2. The summed E-state index contributed by atoms with van der Waals surface area (Å²) in [5, 5.41) is 12.6. The second-order valence-corrected chi connectivity index (χ2v) is 4.75. The molecule has 0 radical (unpaired) electrons. The largest absolute Gasteiger partial charge is 0.507 e. The van der Waals surface area contributed by atoms with E-state index in [2.05, 4.69) is 21.2 Å². The molecule has 1 aliphatic heterocycles. The fourth-order valence-corrected chi connectivity index (χ4v) is 2.32. The molecule has 1 aliphatic rings. The Balaban J connectivity index is 2.16. The highest BCUT2D eigenvalue weighted by Crippen LogP contribution is 2.28. The molecule has 1 unspecified atom stereocenters. The number of rotatable bonds is 2. The molecule has 0 aromatic heterocycles. The van der Waals surface area contributed by atoms with Gasteiger partial charge in [-0.2, -0.15) is 0 Å². The molecule has 4 heteroatoms. The maximum Gasteiger partial charge on any atom is 0.132 e. The van der Waals surface area contributed by atoms with Crippen LogP contribution in [0.15, 0.2) is 16.6 Å². The first-order valence-electron chi connectivity index (χ1n) is 5.07. The van der Waals surface area contributed by atoms with Crippen LogP contribution in [0.1, 0.15) is 18.4 Å². The van der Waals surface area contributed by atoms with E-state index in [0.29, 0.717) is 22.5 Å². The highest BCUT2D eigenvalue weighted by molar-refractivity contribution is 9.10. The van der Waals surface area contributed by atoms with Crippen molar-refractivity contribution < 1.29 is 9.50 Å². The fourth-order valence-electron chi connectivity index (χ4n) is 1.93. The van der Waals surface area contributed by atoms with Gasteiger partial charge < -0.3 is 10.4 Å². The predicted molar refractivity (Wildman–Crippen MR) is 60.5 cm³/mol. The maximum absolute atomic E-state index is 13.5. The molecule has 82 valence electrons. The summed E-state index contributed by atoms with van der Waals surface area (Å²) in [6.45, 7) is 1.02. The molecule has 0 aliphatic carbocycles. The first-order valence-corrected chi connectivity index (χ1v) is 5.86. The first-order chi connectivity index (χ1) is 7.16. The SMILES string of the molecule is Oc1cc(F)c(CC2CCCN2)cc1Br. The van der Waals surface area contributed by atoms with Gasteiger partial charge in [0.2, 0.25) is 0 Å². The Morgan fingerprint density at radius 1 is 1.53 bits per heavy atom. The number of hydrogen-bond acceptors (Lipinski definition) is 2. The molecule has 0 amide bonds. The lowest BCUT2D eigenvalue weighted by Gasteiger charge is -2.11. The molecule has 0 spiro atoms. The van der Waals surface area contributed by atoms with Crippen molar-refractivity contribution in [3.05, 3.63) is 28.0 Å². The summed E-state index contributed by atoms with van der Waals surface area (Å²) in [7, 11) is 0. The molecule has 1 saturated heterocycles. The highest BCUT2D eigenvalue weighted by Gasteiger charge is 2.17. The summed E-state index contributed by atoms with van der Waals surface area (Å²) < 4.78 is 14.0. The molecule has 2 N–H and O–H groups in total. The normalized spacial score (nSPS) is 20.8. The minimum Gasteiger partial charge on any atom is -0.507 e. The molecule has 1 aromatic rings. The second kappa shape index (κ2) is 4.49. The highest BCUT2D eigenvalue weighted by atomic mass is 79.9. The van der Waals surface area contributed by atoms with Crippen LogP contribution in [0.25, 0.3) is 0 Å². The van der Waals surface area contributed by atoms with E-state index in [1.807, 2.05) is 0 Å². The molecular weight excluding hydrogens is 261 g/mol. The zero-order valence-corrected chi connectivity index (χ0v) is 9.85. The van der Waals surface area contributed by atoms with Crippen molar-refractivity contribution >= 4 is 15.9 Å². The van der Waals surface area contributed by atoms with Gasteiger partial charge in [0.15, 0.2) is 0 Å². The number of nitrogens with one attached hydrogen (secondary N) is 1. The third kappa shape index (κ3) is 2.49. The fraction of sp³-hybridized carbons (Fsp3) is 0.455. The average Bonchev–Trinajstić information content (AvgIpc) is 2.67. The van der Waals surface area contributed by atoms with Crippen LogP contribution in [-0.4, -0.2) is 17.7 Å². The molecule has 1 fully saturated rings. The topological polar surface area (TPSA) is 32.3 Å². The van der Waals surface area contributed by atoms with Crippen molar-refractivity contribution in [2.24, 2.45) is 0 Å². The maximum atomic E-state index is 13.5. The Labute approximate surface area is 96.6 Å². The van der Waals surface area contributed by atoms with Crippen molar-refractivity contribution in [3.8, 4) is 5.75 Å². The Hall–Kier alpha value is -0.610. The number of hydrogen-bond donors (Lipinski definition) is 2. The molecule has 1 aromatic carbocycles. The molecule has 0 saturated carbocycles. The smallest absolute Gasteiger partial charge is 0.132 e. The molecule has 2 rings (SSSR count). The lowest BCUT2D eigenvalue weighted by atomic mass is 10.0. The van der Waals surface area contributed by atoms with E-state index < -0.39 is 0 Å². The minimum absolute atomic E-state index is 0.0457. The minimum atomic E-state index is -0.329. The van der Waals surface area contributed by atoms with Gasteiger partial charge in [-0.1, -0.05) is 0 Å². The van der Waals surface area contributed by atoms with Crippen LogP contribution in [0.2, 0.25) is 0 Å². The molecule has 15 heavy (non-hydrogen) atoms. The molecule has 2 nitrogen and oxygen atoms in total. The zero-order chi connectivity index (χ0) is 10.8. The second-order valence-electron chi connectivity index (χ2n) is 3.89. The van der Waals surface area contributed by atoms with E-state index in [4.69, 9.17) is 0 Å². The Kier molecular flexibility index (Phi) is 3.26. The van der Waals surface area contributed by atoms with Crippen molar-refractivity contribution in [3.63, 3.8) is 0 Å². The van der Waals surface area contributed by atoms with Gasteiger partial charge in [0.25, 0.3) is 0 Å². The van der Waals surface area contributed by atoms with E-state index in [1.54, 1.807) is 6.07 Å². The van der Waals surface area contributed by atoms with Crippen LogP contribution in [0.4, 0.5) is 4.39 Å². The van der Waals surface area contributed by atoms with Crippen LogP contribution >= 0.6 is 15.9 Å². The summed E-state index contributed by atoms with van der Waals surface area (Å²) in [5.41, 5.74) is 0.652. The Morgan fingerprint density at radius 3 is 3.00 bits per heavy atom. The Morgan fingerprint density at radius 2 is 2.33 bits per heavy atom. The van der Waals surface area contributed by atoms with Crippen molar-refractivity contribution in [2.45, 2.75) is 25.3 Å².